The molecule has 0 N–H and O–H groups in total. The second-order valence-electron chi connectivity index (χ2n) is 8.17. The molecule has 3 aromatic rings. The standard InChI is InChI=1S/C25H25BrClN3O5/c1-33-19-12-16(21(26)22(27)23(19)35-14-20(31)34-2)13-28-30-24(15-8-4-3-5-9-15)29-18-11-7-6-10-17(18)25(30)32/h6-7,10-13,15H,3-5,8-9,14H2,1-2H3. The van der Waals surface area contributed by atoms with Crippen molar-refractivity contribution in [2.45, 2.75) is 38.0 Å². The third-order valence-electron chi connectivity index (χ3n) is 6.00. The number of ether oxygens (including phenoxy) is 3. The van der Waals surface area contributed by atoms with E-state index in [2.05, 4.69) is 25.8 Å². The van der Waals surface area contributed by atoms with Crippen molar-refractivity contribution in [3.8, 4) is 11.5 Å². The van der Waals surface area contributed by atoms with Crippen molar-refractivity contribution >= 4 is 50.6 Å². The van der Waals surface area contributed by atoms with Gasteiger partial charge in [-0.05, 0) is 47.0 Å². The lowest BCUT2D eigenvalue weighted by molar-refractivity contribution is -0.142. The molecule has 0 spiro atoms. The lowest BCUT2D eigenvalue weighted by Gasteiger charge is -2.22. The van der Waals surface area contributed by atoms with Crippen LogP contribution in [-0.2, 0) is 9.53 Å². The van der Waals surface area contributed by atoms with Gasteiger partial charge in [0.25, 0.3) is 5.56 Å². The van der Waals surface area contributed by atoms with Crippen LogP contribution in [0.25, 0.3) is 10.9 Å². The average Bonchev–Trinajstić information content (AvgIpc) is 2.89. The highest BCUT2D eigenvalue weighted by atomic mass is 79.9. The van der Waals surface area contributed by atoms with Crippen molar-refractivity contribution in [1.29, 1.82) is 0 Å². The first-order chi connectivity index (χ1) is 16.9. The zero-order valence-electron chi connectivity index (χ0n) is 19.4. The first-order valence-corrected chi connectivity index (χ1v) is 12.4. The molecule has 2 aromatic carbocycles. The smallest absolute Gasteiger partial charge is 0.343 e. The second-order valence-corrected chi connectivity index (χ2v) is 9.34. The number of hydrogen-bond donors (Lipinski definition) is 0. The minimum Gasteiger partial charge on any atom is -0.493 e. The number of carbonyl (C=O) groups excluding carboxylic acids is 1. The summed E-state index contributed by atoms with van der Waals surface area (Å²) in [5, 5.41) is 5.26. The Labute approximate surface area is 216 Å². The second kappa shape index (κ2) is 11.2. The molecule has 1 aliphatic rings. The summed E-state index contributed by atoms with van der Waals surface area (Å²) in [5.74, 6) is 0.769. The number of nitrogens with zero attached hydrogens (tertiary/aromatic N) is 3. The normalized spacial score (nSPS) is 14.4. The summed E-state index contributed by atoms with van der Waals surface area (Å²) < 4.78 is 17.4. The summed E-state index contributed by atoms with van der Waals surface area (Å²) in [5.41, 5.74) is 1.01. The van der Waals surface area contributed by atoms with Crippen LogP contribution in [0.4, 0.5) is 0 Å². The average molecular weight is 563 g/mol. The van der Waals surface area contributed by atoms with E-state index in [4.69, 9.17) is 26.1 Å². The molecule has 1 aromatic heterocycles. The SMILES string of the molecule is COC(=O)COc1c(OC)cc(C=Nn2c(C3CCCCC3)nc3ccccc3c2=O)c(Br)c1Cl. The molecule has 1 fully saturated rings. The van der Waals surface area contributed by atoms with Gasteiger partial charge in [-0.25, -0.2) is 9.78 Å². The number of para-hydroxylation sites is 1. The summed E-state index contributed by atoms with van der Waals surface area (Å²) in [6.07, 6.45) is 6.86. The molecule has 184 valence electrons. The topological polar surface area (TPSA) is 92.0 Å². The minimum atomic E-state index is -0.552. The minimum absolute atomic E-state index is 0.161. The van der Waals surface area contributed by atoms with Crippen LogP contribution in [0.15, 0.2) is 44.7 Å². The Bertz CT molecular complexity index is 1330. The number of benzene rings is 2. The lowest BCUT2D eigenvalue weighted by Crippen LogP contribution is -2.25. The number of hydrogen-bond acceptors (Lipinski definition) is 7. The Morgan fingerprint density at radius 2 is 2.00 bits per heavy atom. The van der Waals surface area contributed by atoms with Gasteiger partial charge in [-0.15, -0.1) is 0 Å². The van der Waals surface area contributed by atoms with E-state index in [-0.39, 0.29) is 28.9 Å². The Kier molecular flexibility index (Phi) is 8.07. The summed E-state index contributed by atoms with van der Waals surface area (Å²) >= 11 is 9.97. The predicted molar refractivity (Wildman–Crippen MR) is 138 cm³/mol. The molecule has 0 bridgehead atoms. The van der Waals surface area contributed by atoms with Gasteiger partial charge in [0.1, 0.15) is 10.8 Å². The lowest BCUT2D eigenvalue weighted by atomic mass is 9.88. The van der Waals surface area contributed by atoms with Crippen LogP contribution in [0.2, 0.25) is 5.02 Å². The van der Waals surface area contributed by atoms with E-state index in [0.717, 1.165) is 25.7 Å². The number of methoxy groups -OCH3 is 2. The summed E-state index contributed by atoms with van der Waals surface area (Å²) in [6, 6.07) is 8.96. The monoisotopic (exact) mass is 561 g/mol. The third-order valence-corrected chi connectivity index (χ3v) is 7.44. The first kappa shape index (κ1) is 25.2. The van der Waals surface area contributed by atoms with Crippen LogP contribution in [0.3, 0.4) is 0 Å². The fraction of sp³-hybridized carbons (Fsp3) is 0.360. The Morgan fingerprint density at radius 3 is 2.71 bits per heavy atom. The Hall–Kier alpha value is -2.91. The molecular formula is C25H25BrClN3O5. The highest BCUT2D eigenvalue weighted by molar-refractivity contribution is 9.10. The maximum Gasteiger partial charge on any atom is 0.343 e. The van der Waals surface area contributed by atoms with Gasteiger partial charge in [0.05, 0.1) is 31.3 Å². The van der Waals surface area contributed by atoms with Crippen LogP contribution < -0.4 is 15.0 Å². The number of aromatic nitrogens is 2. The van der Waals surface area contributed by atoms with Crippen LogP contribution in [0, 0.1) is 0 Å². The van der Waals surface area contributed by atoms with Crippen LogP contribution >= 0.6 is 27.5 Å². The van der Waals surface area contributed by atoms with Gasteiger partial charge in [-0.1, -0.05) is 43.0 Å². The van der Waals surface area contributed by atoms with Gasteiger partial charge in [0, 0.05) is 16.0 Å². The van der Waals surface area contributed by atoms with Gasteiger partial charge in [0.2, 0.25) is 0 Å². The largest absolute Gasteiger partial charge is 0.493 e. The molecular weight excluding hydrogens is 538 g/mol. The maximum absolute atomic E-state index is 13.4. The molecule has 0 radical (unpaired) electrons. The van der Waals surface area contributed by atoms with Crippen molar-refractivity contribution in [2.24, 2.45) is 5.10 Å². The molecule has 0 unspecified atom stereocenters. The van der Waals surface area contributed by atoms with E-state index in [9.17, 15) is 9.59 Å². The molecule has 0 saturated heterocycles. The van der Waals surface area contributed by atoms with E-state index >= 15 is 0 Å². The van der Waals surface area contributed by atoms with Crippen molar-refractivity contribution in [3.05, 3.63) is 61.6 Å². The van der Waals surface area contributed by atoms with E-state index in [1.165, 1.54) is 31.5 Å². The molecule has 0 atom stereocenters. The van der Waals surface area contributed by atoms with E-state index in [1.807, 2.05) is 18.2 Å². The van der Waals surface area contributed by atoms with Gasteiger partial charge < -0.3 is 14.2 Å². The van der Waals surface area contributed by atoms with Crippen LogP contribution in [-0.4, -0.2) is 42.7 Å². The number of carbonyl (C=O) groups is 1. The number of halogens is 2. The van der Waals surface area contributed by atoms with Crippen molar-refractivity contribution in [2.75, 3.05) is 20.8 Å². The molecule has 1 aliphatic carbocycles. The third kappa shape index (κ3) is 5.36. The molecule has 1 heterocycles. The molecule has 0 aliphatic heterocycles. The number of fused-ring (bicyclic) bond motifs is 1. The van der Waals surface area contributed by atoms with E-state index in [0.29, 0.717) is 32.5 Å². The van der Waals surface area contributed by atoms with Gasteiger partial charge in [-0.2, -0.15) is 9.78 Å². The first-order valence-electron chi connectivity index (χ1n) is 11.3. The van der Waals surface area contributed by atoms with Gasteiger partial charge >= 0.3 is 5.97 Å². The van der Waals surface area contributed by atoms with Crippen molar-refractivity contribution in [3.63, 3.8) is 0 Å². The van der Waals surface area contributed by atoms with E-state index < -0.39 is 5.97 Å². The van der Waals surface area contributed by atoms with Crippen molar-refractivity contribution < 1.29 is 19.0 Å². The zero-order valence-corrected chi connectivity index (χ0v) is 21.8. The van der Waals surface area contributed by atoms with Crippen molar-refractivity contribution in [1.82, 2.24) is 9.66 Å². The fourth-order valence-corrected chi connectivity index (χ4v) is 4.83. The predicted octanol–water partition coefficient (Wildman–Crippen LogP) is 5.30. The van der Waals surface area contributed by atoms with Gasteiger partial charge in [0.15, 0.2) is 18.1 Å². The number of rotatable bonds is 7. The fourth-order valence-electron chi connectivity index (χ4n) is 4.17. The molecule has 10 heteroatoms. The highest BCUT2D eigenvalue weighted by Crippen LogP contribution is 2.42. The molecule has 35 heavy (non-hydrogen) atoms. The van der Waals surface area contributed by atoms with Crippen LogP contribution in [0.1, 0.15) is 49.4 Å². The maximum atomic E-state index is 13.4. The summed E-state index contributed by atoms with van der Waals surface area (Å²) in [4.78, 5) is 29.7. The highest BCUT2D eigenvalue weighted by Gasteiger charge is 2.23. The van der Waals surface area contributed by atoms with E-state index in [1.54, 1.807) is 12.1 Å². The van der Waals surface area contributed by atoms with Crippen LogP contribution in [0.5, 0.6) is 11.5 Å². The molecule has 4 rings (SSSR count). The molecule has 1 saturated carbocycles. The number of esters is 1. The Morgan fingerprint density at radius 1 is 1.26 bits per heavy atom. The molecule has 8 nitrogen and oxygen atoms in total. The summed E-state index contributed by atoms with van der Waals surface area (Å²) in [6.45, 7) is -0.324. The molecule has 0 amide bonds. The summed E-state index contributed by atoms with van der Waals surface area (Å²) in [7, 11) is 2.73. The zero-order chi connectivity index (χ0) is 24.9. The van der Waals surface area contributed by atoms with Gasteiger partial charge in [-0.3, -0.25) is 4.79 Å². The quantitative estimate of drug-likeness (QED) is 0.287. The Balaban J connectivity index is 1.78.